The third-order valence-corrected chi connectivity index (χ3v) is 4.83. The van der Waals surface area contributed by atoms with Crippen molar-refractivity contribution >= 4 is 34.8 Å². The highest BCUT2D eigenvalue weighted by Gasteiger charge is 2.12. The summed E-state index contributed by atoms with van der Waals surface area (Å²) >= 11 is 18.5. The summed E-state index contributed by atoms with van der Waals surface area (Å²) in [5, 5.41) is 13.9. The first kappa shape index (κ1) is 22.1. The maximum atomic E-state index is 8.82. The number of rotatable bonds is 11. The molecule has 0 fully saturated rings. The van der Waals surface area contributed by atoms with Gasteiger partial charge in [-0.2, -0.15) is 0 Å². The number of benzene rings is 2. The molecule has 2 aromatic carbocycles. The quantitative estimate of drug-likeness (QED) is 0.461. The normalized spacial score (nSPS) is 10.9. The van der Waals surface area contributed by atoms with Gasteiger partial charge in [0, 0.05) is 39.8 Å². The lowest BCUT2D eigenvalue weighted by Crippen LogP contribution is -2.15. The second kappa shape index (κ2) is 11.6. The van der Waals surface area contributed by atoms with E-state index in [0.717, 1.165) is 30.5 Å². The zero-order valence-electron chi connectivity index (χ0n) is 15.2. The van der Waals surface area contributed by atoms with Gasteiger partial charge < -0.3 is 19.9 Å². The van der Waals surface area contributed by atoms with Crippen LogP contribution >= 0.6 is 34.8 Å². The van der Waals surface area contributed by atoms with Crippen LogP contribution in [0.15, 0.2) is 30.3 Å². The molecule has 0 unspecified atom stereocenters. The van der Waals surface area contributed by atoms with Crippen LogP contribution in [0.2, 0.25) is 15.1 Å². The van der Waals surface area contributed by atoms with E-state index in [1.807, 2.05) is 19.1 Å². The zero-order chi connectivity index (χ0) is 19.6. The van der Waals surface area contributed by atoms with E-state index in [0.29, 0.717) is 39.7 Å². The summed E-state index contributed by atoms with van der Waals surface area (Å²) in [5.41, 5.74) is 1.76. The molecule has 0 saturated carbocycles. The molecule has 0 aliphatic carbocycles. The molecule has 0 saturated heterocycles. The Hall–Kier alpha value is -1.17. The van der Waals surface area contributed by atoms with Gasteiger partial charge in [-0.3, -0.25) is 0 Å². The Labute approximate surface area is 175 Å². The molecule has 0 heterocycles. The van der Waals surface area contributed by atoms with Gasteiger partial charge >= 0.3 is 0 Å². The van der Waals surface area contributed by atoms with E-state index in [1.54, 1.807) is 18.2 Å². The molecule has 0 bridgehead atoms. The van der Waals surface area contributed by atoms with Gasteiger partial charge in [-0.1, -0.05) is 40.9 Å². The SMILES string of the molecule is CCOc1cc(CNCCCCO)c(Cl)cc1OCc1ccc(Cl)cc1Cl. The summed E-state index contributed by atoms with van der Waals surface area (Å²) in [6.07, 6.45) is 1.69. The average Bonchev–Trinajstić information content (AvgIpc) is 2.63. The minimum absolute atomic E-state index is 0.209. The van der Waals surface area contributed by atoms with Crippen molar-refractivity contribution in [3.63, 3.8) is 0 Å². The zero-order valence-corrected chi connectivity index (χ0v) is 17.5. The summed E-state index contributed by atoms with van der Waals surface area (Å²) in [6, 6.07) is 8.94. The Morgan fingerprint density at radius 1 is 0.926 bits per heavy atom. The van der Waals surface area contributed by atoms with Gasteiger partial charge in [-0.25, -0.2) is 0 Å². The molecule has 0 atom stereocenters. The van der Waals surface area contributed by atoms with Crippen molar-refractivity contribution in [2.24, 2.45) is 0 Å². The first-order valence-electron chi connectivity index (χ1n) is 8.88. The summed E-state index contributed by atoms with van der Waals surface area (Å²) in [5.74, 6) is 1.20. The molecule has 0 aromatic heterocycles. The summed E-state index contributed by atoms with van der Waals surface area (Å²) in [6.45, 7) is 4.36. The van der Waals surface area contributed by atoms with Crippen LogP contribution in [0, 0.1) is 0 Å². The topological polar surface area (TPSA) is 50.7 Å². The predicted molar refractivity (Wildman–Crippen MR) is 111 cm³/mol. The van der Waals surface area contributed by atoms with E-state index in [2.05, 4.69) is 5.32 Å². The minimum atomic E-state index is 0.209. The lowest BCUT2D eigenvalue weighted by molar-refractivity contribution is 0.269. The van der Waals surface area contributed by atoms with Crippen LogP contribution in [-0.2, 0) is 13.2 Å². The average molecular weight is 433 g/mol. The Morgan fingerprint density at radius 3 is 2.37 bits per heavy atom. The predicted octanol–water partition coefficient (Wildman–Crippen LogP) is 5.49. The Balaban J connectivity index is 2.07. The van der Waals surface area contributed by atoms with Gasteiger partial charge in [0.2, 0.25) is 0 Å². The third kappa shape index (κ3) is 7.05. The van der Waals surface area contributed by atoms with Gasteiger partial charge in [0.25, 0.3) is 0 Å². The lowest BCUT2D eigenvalue weighted by Gasteiger charge is -2.16. The van der Waals surface area contributed by atoms with Crippen molar-refractivity contribution in [1.82, 2.24) is 5.32 Å². The maximum absolute atomic E-state index is 8.82. The summed E-state index contributed by atoms with van der Waals surface area (Å²) in [4.78, 5) is 0. The van der Waals surface area contributed by atoms with Crippen molar-refractivity contribution < 1.29 is 14.6 Å². The molecule has 2 rings (SSSR count). The number of unbranched alkanes of at least 4 members (excludes halogenated alkanes) is 1. The van der Waals surface area contributed by atoms with Crippen LogP contribution in [0.1, 0.15) is 30.9 Å². The summed E-state index contributed by atoms with van der Waals surface area (Å²) < 4.78 is 11.6. The molecule has 148 valence electrons. The number of aliphatic hydroxyl groups excluding tert-OH is 1. The Morgan fingerprint density at radius 2 is 1.67 bits per heavy atom. The van der Waals surface area contributed by atoms with Gasteiger partial charge in [0.05, 0.1) is 6.61 Å². The maximum Gasteiger partial charge on any atom is 0.163 e. The fraction of sp³-hybridized carbons (Fsp3) is 0.400. The van der Waals surface area contributed by atoms with Gasteiger partial charge in [0.1, 0.15) is 6.61 Å². The molecular formula is C20H24Cl3NO3. The second-order valence-electron chi connectivity index (χ2n) is 5.96. The first-order valence-corrected chi connectivity index (χ1v) is 10.0. The van der Waals surface area contributed by atoms with Gasteiger partial charge in [0.15, 0.2) is 11.5 Å². The van der Waals surface area contributed by atoms with Crippen LogP contribution in [0.3, 0.4) is 0 Å². The highest BCUT2D eigenvalue weighted by molar-refractivity contribution is 6.35. The molecule has 0 radical (unpaired) electrons. The minimum Gasteiger partial charge on any atom is -0.490 e. The second-order valence-corrected chi connectivity index (χ2v) is 7.21. The third-order valence-electron chi connectivity index (χ3n) is 3.89. The van der Waals surface area contributed by atoms with E-state index in [-0.39, 0.29) is 13.2 Å². The molecule has 0 aliphatic heterocycles. The van der Waals surface area contributed by atoms with Crippen molar-refractivity contribution in [3.05, 3.63) is 56.5 Å². The first-order chi connectivity index (χ1) is 13.0. The Bertz CT molecular complexity index is 741. The fourth-order valence-electron chi connectivity index (χ4n) is 2.47. The number of hydrogen-bond donors (Lipinski definition) is 2. The van der Waals surface area contributed by atoms with E-state index in [4.69, 9.17) is 49.4 Å². The molecule has 0 spiro atoms. The van der Waals surface area contributed by atoms with Crippen molar-refractivity contribution in [3.8, 4) is 11.5 Å². The highest BCUT2D eigenvalue weighted by atomic mass is 35.5. The van der Waals surface area contributed by atoms with Crippen LogP contribution in [0.4, 0.5) is 0 Å². The number of ether oxygens (including phenoxy) is 2. The highest BCUT2D eigenvalue weighted by Crippen LogP contribution is 2.35. The van der Waals surface area contributed by atoms with Crippen LogP contribution < -0.4 is 14.8 Å². The van der Waals surface area contributed by atoms with Crippen LogP contribution in [0.5, 0.6) is 11.5 Å². The molecule has 7 heteroatoms. The van der Waals surface area contributed by atoms with E-state index >= 15 is 0 Å². The monoisotopic (exact) mass is 431 g/mol. The lowest BCUT2D eigenvalue weighted by atomic mass is 10.2. The van der Waals surface area contributed by atoms with Crippen LogP contribution in [-0.4, -0.2) is 24.9 Å². The largest absolute Gasteiger partial charge is 0.490 e. The van der Waals surface area contributed by atoms with Crippen molar-refractivity contribution in [1.29, 1.82) is 0 Å². The smallest absolute Gasteiger partial charge is 0.163 e. The van der Waals surface area contributed by atoms with Gasteiger partial charge in [-0.05, 0) is 50.1 Å². The molecule has 2 aromatic rings. The van der Waals surface area contributed by atoms with Crippen molar-refractivity contribution in [2.75, 3.05) is 19.8 Å². The van der Waals surface area contributed by atoms with E-state index in [1.165, 1.54) is 0 Å². The number of aliphatic hydroxyl groups is 1. The molecule has 2 N–H and O–H groups in total. The molecule has 27 heavy (non-hydrogen) atoms. The summed E-state index contributed by atoms with van der Waals surface area (Å²) in [7, 11) is 0. The number of halogens is 3. The number of nitrogens with one attached hydrogen (secondary N) is 1. The fourth-order valence-corrected chi connectivity index (χ4v) is 3.16. The van der Waals surface area contributed by atoms with Gasteiger partial charge in [-0.15, -0.1) is 0 Å². The van der Waals surface area contributed by atoms with E-state index < -0.39 is 0 Å². The molecular weight excluding hydrogens is 409 g/mol. The van der Waals surface area contributed by atoms with Crippen LogP contribution in [0.25, 0.3) is 0 Å². The van der Waals surface area contributed by atoms with Crippen molar-refractivity contribution in [2.45, 2.75) is 32.9 Å². The molecule has 4 nitrogen and oxygen atoms in total. The standard InChI is InChI=1S/C20H24Cl3NO3/c1-2-26-19-9-15(12-24-7-3-4-8-25)18(23)11-20(19)27-13-14-5-6-16(21)10-17(14)22/h5-6,9-11,24-25H,2-4,7-8,12-13H2,1H3. The molecule has 0 aliphatic rings. The number of hydrogen-bond acceptors (Lipinski definition) is 4. The van der Waals surface area contributed by atoms with E-state index in [9.17, 15) is 0 Å². The molecule has 0 amide bonds. The Kier molecular flexibility index (Phi) is 9.52.